The zero-order valence-electron chi connectivity index (χ0n) is 16.1. The maximum atomic E-state index is 13.2. The van der Waals surface area contributed by atoms with E-state index in [2.05, 4.69) is 10.3 Å². The minimum atomic E-state index is -0.616. The van der Waals surface area contributed by atoms with Gasteiger partial charge < -0.3 is 9.88 Å². The van der Waals surface area contributed by atoms with Crippen LogP contribution in [0.3, 0.4) is 0 Å². The lowest BCUT2D eigenvalue weighted by molar-refractivity contribution is -0.122. The molecule has 0 bridgehead atoms. The van der Waals surface area contributed by atoms with Crippen LogP contribution in [0.1, 0.15) is 25.5 Å². The molecule has 0 aliphatic carbocycles. The van der Waals surface area contributed by atoms with Crippen LogP contribution < -0.4 is 16.6 Å². The molecular formula is C19H22FN5O3. The number of nitrogens with zero attached hydrogens (tertiary/aromatic N) is 4. The van der Waals surface area contributed by atoms with Gasteiger partial charge in [-0.25, -0.2) is 18.7 Å². The van der Waals surface area contributed by atoms with Crippen LogP contribution in [0.4, 0.5) is 4.39 Å². The number of carbonyl (C=O) groups excluding carboxylic acids is 1. The van der Waals surface area contributed by atoms with Crippen LogP contribution >= 0.6 is 0 Å². The van der Waals surface area contributed by atoms with Gasteiger partial charge in [-0.2, -0.15) is 0 Å². The molecule has 9 heteroatoms. The van der Waals surface area contributed by atoms with E-state index in [-0.39, 0.29) is 28.9 Å². The van der Waals surface area contributed by atoms with Crippen molar-refractivity contribution in [3.8, 4) is 0 Å². The average Bonchev–Trinajstić information content (AvgIpc) is 3.04. The molecule has 0 spiro atoms. The summed E-state index contributed by atoms with van der Waals surface area (Å²) >= 11 is 0. The van der Waals surface area contributed by atoms with E-state index in [1.165, 1.54) is 34.6 Å². The van der Waals surface area contributed by atoms with Crippen LogP contribution in [0.25, 0.3) is 11.2 Å². The third-order valence-electron chi connectivity index (χ3n) is 4.72. The maximum absolute atomic E-state index is 13.2. The Bertz CT molecular complexity index is 1140. The number of fused-ring (bicyclic) bond motifs is 1. The Kier molecular flexibility index (Phi) is 5.17. The second kappa shape index (κ2) is 7.41. The number of imidazole rings is 1. The van der Waals surface area contributed by atoms with E-state index < -0.39 is 23.7 Å². The van der Waals surface area contributed by atoms with E-state index in [0.717, 1.165) is 10.1 Å². The second-order valence-corrected chi connectivity index (χ2v) is 7.10. The fraction of sp³-hybridized carbons (Fsp3) is 0.368. The summed E-state index contributed by atoms with van der Waals surface area (Å²) in [5.74, 6) is -0.825. The summed E-state index contributed by atoms with van der Waals surface area (Å²) < 4.78 is 16.8. The Morgan fingerprint density at radius 2 is 1.82 bits per heavy atom. The fourth-order valence-corrected chi connectivity index (χ4v) is 3.20. The fourth-order valence-electron chi connectivity index (χ4n) is 3.20. The third kappa shape index (κ3) is 3.47. The van der Waals surface area contributed by atoms with E-state index in [1.807, 2.05) is 13.8 Å². The highest BCUT2D eigenvalue weighted by molar-refractivity contribution is 5.77. The lowest BCUT2D eigenvalue weighted by Crippen LogP contribution is -2.44. The molecule has 28 heavy (non-hydrogen) atoms. The van der Waals surface area contributed by atoms with Crippen LogP contribution in [0.5, 0.6) is 0 Å². The molecule has 0 aliphatic rings. The van der Waals surface area contributed by atoms with Gasteiger partial charge in [0.1, 0.15) is 12.4 Å². The summed E-state index contributed by atoms with van der Waals surface area (Å²) in [4.78, 5) is 41.9. The SMILES string of the molecule is CC(C)[C@H](NC(=O)Cn1c(=O)c2c(ncn2C)n(C)c1=O)c1ccc(F)cc1. The van der Waals surface area contributed by atoms with E-state index >= 15 is 0 Å². The number of aromatic nitrogens is 4. The van der Waals surface area contributed by atoms with Gasteiger partial charge in [0.05, 0.1) is 12.4 Å². The molecule has 8 nitrogen and oxygen atoms in total. The molecule has 0 fully saturated rings. The van der Waals surface area contributed by atoms with Gasteiger partial charge in [-0.3, -0.25) is 14.2 Å². The number of amides is 1. The molecular weight excluding hydrogens is 365 g/mol. The molecule has 0 saturated heterocycles. The highest BCUT2D eigenvalue weighted by atomic mass is 19.1. The number of aryl methyl sites for hydroxylation is 2. The highest BCUT2D eigenvalue weighted by Gasteiger charge is 2.21. The van der Waals surface area contributed by atoms with E-state index in [4.69, 9.17) is 0 Å². The Morgan fingerprint density at radius 3 is 2.43 bits per heavy atom. The van der Waals surface area contributed by atoms with Crippen LogP contribution in [-0.4, -0.2) is 24.6 Å². The largest absolute Gasteiger partial charge is 0.347 e. The molecule has 0 saturated carbocycles. The predicted molar refractivity (Wildman–Crippen MR) is 102 cm³/mol. The van der Waals surface area contributed by atoms with Crippen molar-refractivity contribution in [2.75, 3.05) is 0 Å². The number of halogens is 1. The Hall–Kier alpha value is -3.23. The van der Waals surface area contributed by atoms with E-state index in [9.17, 15) is 18.8 Å². The first kappa shape index (κ1) is 19.5. The number of hydrogen-bond acceptors (Lipinski definition) is 4. The Balaban J connectivity index is 1.92. The summed E-state index contributed by atoms with van der Waals surface area (Å²) in [7, 11) is 3.15. The van der Waals surface area contributed by atoms with Gasteiger partial charge in [-0.1, -0.05) is 26.0 Å². The van der Waals surface area contributed by atoms with E-state index in [1.54, 1.807) is 19.2 Å². The van der Waals surface area contributed by atoms with Crippen molar-refractivity contribution in [1.29, 1.82) is 0 Å². The van der Waals surface area contributed by atoms with Crippen molar-refractivity contribution in [2.24, 2.45) is 20.0 Å². The molecule has 0 radical (unpaired) electrons. The molecule has 1 amide bonds. The van der Waals surface area contributed by atoms with E-state index in [0.29, 0.717) is 0 Å². The topological polar surface area (TPSA) is 90.9 Å². The summed E-state index contributed by atoms with van der Waals surface area (Å²) in [5.41, 5.74) is 0.0619. The van der Waals surface area contributed by atoms with Gasteiger partial charge in [0.25, 0.3) is 5.56 Å². The molecule has 1 atom stereocenters. The normalized spacial score (nSPS) is 12.5. The number of hydrogen-bond donors (Lipinski definition) is 1. The summed E-state index contributed by atoms with van der Waals surface area (Å²) in [6.45, 7) is 3.42. The minimum Gasteiger partial charge on any atom is -0.347 e. The molecule has 1 aromatic carbocycles. The van der Waals surface area contributed by atoms with Gasteiger partial charge in [0.2, 0.25) is 5.91 Å². The van der Waals surface area contributed by atoms with Crippen molar-refractivity contribution in [3.05, 3.63) is 62.8 Å². The first-order valence-corrected chi connectivity index (χ1v) is 8.86. The zero-order chi connectivity index (χ0) is 20.6. The monoisotopic (exact) mass is 387 g/mol. The molecule has 2 heterocycles. The standard InChI is InChI=1S/C19H22FN5O3/c1-11(2)15(12-5-7-13(20)8-6-12)22-14(26)9-25-18(27)16-17(21-10-23(16)3)24(4)19(25)28/h5-8,10-11,15H,9H2,1-4H3,(H,22,26)/t15-/m0/s1. The van der Waals surface area contributed by atoms with Crippen LogP contribution in [0, 0.1) is 11.7 Å². The Morgan fingerprint density at radius 1 is 1.18 bits per heavy atom. The van der Waals surface area contributed by atoms with Crippen molar-refractivity contribution < 1.29 is 9.18 Å². The van der Waals surface area contributed by atoms with Crippen molar-refractivity contribution in [3.63, 3.8) is 0 Å². The lowest BCUT2D eigenvalue weighted by Gasteiger charge is -2.23. The molecule has 0 aliphatic heterocycles. The zero-order valence-corrected chi connectivity index (χ0v) is 16.1. The number of rotatable bonds is 5. The molecule has 148 valence electrons. The molecule has 3 rings (SSSR count). The van der Waals surface area contributed by atoms with Crippen LogP contribution in [0.15, 0.2) is 40.2 Å². The Labute approximate surface area is 160 Å². The number of carbonyl (C=O) groups is 1. The molecule has 3 aromatic rings. The minimum absolute atomic E-state index is 0.0218. The molecule has 0 unspecified atom stereocenters. The van der Waals surface area contributed by atoms with Gasteiger partial charge in [-0.05, 0) is 23.6 Å². The highest BCUT2D eigenvalue weighted by Crippen LogP contribution is 2.21. The number of benzene rings is 1. The first-order chi connectivity index (χ1) is 13.2. The molecule has 1 N–H and O–H groups in total. The summed E-state index contributed by atoms with van der Waals surface area (Å²) in [5, 5.41) is 2.84. The van der Waals surface area contributed by atoms with Crippen LogP contribution in [0.2, 0.25) is 0 Å². The van der Waals surface area contributed by atoms with Crippen molar-refractivity contribution in [2.45, 2.75) is 26.4 Å². The van der Waals surface area contributed by atoms with Gasteiger partial charge in [0, 0.05) is 14.1 Å². The summed E-state index contributed by atoms with van der Waals surface area (Å²) in [6.07, 6.45) is 1.44. The number of nitrogens with one attached hydrogen (secondary N) is 1. The quantitative estimate of drug-likeness (QED) is 0.709. The maximum Gasteiger partial charge on any atom is 0.332 e. The lowest BCUT2D eigenvalue weighted by atomic mass is 9.96. The second-order valence-electron chi connectivity index (χ2n) is 7.10. The summed E-state index contributed by atoms with van der Waals surface area (Å²) in [6, 6.07) is 5.48. The van der Waals surface area contributed by atoms with Crippen molar-refractivity contribution in [1.82, 2.24) is 24.0 Å². The van der Waals surface area contributed by atoms with Crippen LogP contribution in [-0.2, 0) is 25.4 Å². The molecule has 2 aromatic heterocycles. The smallest absolute Gasteiger partial charge is 0.332 e. The van der Waals surface area contributed by atoms with Gasteiger partial charge in [-0.15, -0.1) is 0 Å². The third-order valence-corrected chi connectivity index (χ3v) is 4.72. The van der Waals surface area contributed by atoms with Gasteiger partial charge >= 0.3 is 5.69 Å². The van der Waals surface area contributed by atoms with Gasteiger partial charge in [0.15, 0.2) is 11.2 Å². The first-order valence-electron chi connectivity index (χ1n) is 8.86. The predicted octanol–water partition coefficient (Wildman–Crippen LogP) is 1.09. The average molecular weight is 387 g/mol. The van der Waals surface area contributed by atoms with Crippen molar-refractivity contribution >= 4 is 17.1 Å².